The maximum atomic E-state index is 5.29. The summed E-state index contributed by atoms with van der Waals surface area (Å²) in [6.45, 7) is 0.613. The summed E-state index contributed by atoms with van der Waals surface area (Å²) in [5.41, 5.74) is 8.17. The molecule has 0 fully saturated rings. The highest BCUT2D eigenvalue weighted by Gasteiger charge is 2.04. The lowest BCUT2D eigenvalue weighted by molar-refractivity contribution is 0.407. The van der Waals surface area contributed by atoms with Gasteiger partial charge in [-0.1, -0.05) is 0 Å². The molecule has 0 radical (unpaired) electrons. The third-order valence-electron chi connectivity index (χ3n) is 0.893. The first-order valence-corrected chi connectivity index (χ1v) is 2.08. The molecule has 0 saturated heterocycles. The van der Waals surface area contributed by atoms with Crippen LogP contribution in [0.1, 0.15) is 0 Å². The number of hydrazine groups is 1. The summed E-state index contributed by atoms with van der Waals surface area (Å²) in [5.74, 6) is 0.556. The van der Waals surface area contributed by atoms with Crippen molar-refractivity contribution >= 4 is 5.96 Å². The second kappa shape index (κ2) is 1.38. The van der Waals surface area contributed by atoms with Crippen LogP contribution in [0.15, 0.2) is 4.99 Å². The van der Waals surface area contributed by atoms with E-state index in [0.29, 0.717) is 12.6 Å². The van der Waals surface area contributed by atoms with E-state index in [9.17, 15) is 0 Å². The van der Waals surface area contributed by atoms with E-state index in [2.05, 4.69) is 10.4 Å². The molecule has 0 amide bonds. The maximum absolute atomic E-state index is 5.29. The van der Waals surface area contributed by atoms with E-state index in [-0.39, 0.29) is 0 Å². The Labute approximate surface area is 42.0 Å². The molecule has 0 aromatic carbocycles. The number of rotatable bonds is 0. The van der Waals surface area contributed by atoms with Crippen LogP contribution in [0.25, 0.3) is 0 Å². The van der Waals surface area contributed by atoms with Crippen molar-refractivity contribution in [3.63, 3.8) is 0 Å². The van der Waals surface area contributed by atoms with Gasteiger partial charge in [0.15, 0.2) is 0 Å². The molecule has 1 rings (SSSR count). The third kappa shape index (κ3) is 0.640. The summed E-state index contributed by atoms with van der Waals surface area (Å²) >= 11 is 0. The highest BCUT2D eigenvalue weighted by Crippen LogP contribution is 1.82. The van der Waals surface area contributed by atoms with E-state index in [1.54, 1.807) is 5.01 Å². The molecule has 1 aliphatic heterocycles. The fraction of sp³-hybridized carbons (Fsp3) is 0.667. The smallest absolute Gasteiger partial charge is 0.207 e. The maximum Gasteiger partial charge on any atom is 0.207 e. The average molecular weight is 100 g/mol. The topological polar surface area (TPSA) is 53.6 Å². The van der Waals surface area contributed by atoms with E-state index in [4.69, 9.17) is 5.73 Å². The van der Waals surface area contributed by atoms with Crippen LogP contribution >= 0.6 is 0 Å². The van der Waals surface area contributed by atoms with Gasteiger partial charge in [0.1, 0.15) is 6.67 Å². The Balaban J connectivity index is 2.54. The number of guanidine groups is 1. The van der Waals surface area contributed by atoms with Crippen LogP contribution in [0.3, 0.4) is 0 Å². The zero-order valence-corrected chi connectivity index (χ0v) is 4.18. The summed E-state index contributed by atoms with van der Waals surface area (Å²) in [6.07, 6.45) is 0. The van der Waals surface area contributed by atoms with Gasteiger partial charge < -0.3 is 5.73 Å². The molecule has 4 heteroatoms. The molecule has 0 aromatic rings. The largest absolute Gasteiger partial charge is 0.369 e. The summed E-state index contributed by atoms with van der Waals surface area (Å²) in [4.78, 5) is 3.83. The van der Waals surface area contributed by atoms with Gasteiger partial charge in [-0.25, -0.2) is 10.4 Å². The van der Waals surface area contributed by atoms with Gasteiger partial charge in [-0.2, -0.15) is 0 Å². The summed E-state index contributed by atoms with van der Waals surface area (Å²) in [5, 5.41) is 1.68. The van der Waals surface area contributed by atoms with Crippen molar-refractivity contribution in [3.05, 3.63) is 0 Å². The van der Waals surface area contributed by atoms with Crippen LogP contribution < -0.4 is 11.2 Å². The molecule has 0 spiro atoms. The molecule has 7 heavy (non-hydrogen) atoms. The van der Waals surface area contributed by atoms with Gasteiger partial charge in [-0.15, -0.1) is 0 Å². The number of aliphatic imine (C=N–C) groups is 1. The van der Waals surface area contributed by atoms with Crippen molar-refractivity contribution in [2.75, 3.05) is 13.7 Å². The number of hydrogen-bond donors (Lipinski definition) is 2. The molecule has 0 atom stereocenters. The van der Waals surface area contributed by atoms with Gasteiger partial charge in [0.05, 0.1) is 0 Å². The fourth-order valence-corrected chi connectivity index (χ4v) is 0.409. The first-order valence-electron chi connectivity index (χ1n) is 2.08. The average Bonchev–Trinajstić information content (AvgIpc) is 1.91. The second-order valence-corrected chi connectivity index (χ2v) is 1.39. The van der Waals surface area contributed by atoms with Gasteiger partial charge in [-0.3, -0.25) is 5.01 Å². The van der Waals surface area contributed by atoms with E-state index < -0.39 is 0 Å². The van der Waals surface area contributed by atoms with Crippen LogP contribution in [0.4, 0.5) is 0 Å². The lowest BCUT2D eigenvalue weighted by Gasteiger charge is -2.07. The number of nitrogens with zero attached hydrogens (tertiary/aromatic N) is 2. The first-order chi connectivity index (χ1) is 3.30. The first kappa shape index (κ1) is 4.39. The van der Waals surface area contributed by atoms with E-state index in [1.807, 2.05) is 7.05 Å². The third-order valence-corrected chi connectivity index (χ3v) is 0.893. The number of hydrogen-bond acceptors (Lipinski definition) is 4. The second-order valence-electron chi connectivity index (χ2n) is 1.39. The molecule has 1 heterocycles. The van der Waals surface area contributed by atoms with Crippen molar-refractivity contribution in [3.8, 4) is 0 Å². The highest BCUT2D eigenvalue weighted by molar-refractivity contribution is 5.78. The van der Waals surface area contributed by atoms with Crippen LogP contribution in [0.2, 0.25) is 0 Å². The zero-order valence-electron chi connectivity index (χ0n) is 4.18. The van der Waals surface area contributed by atoms with Gasteiger partial charge >= 0.3 is 0 Å². The molecule has 3 N–H and O–H groups in total. The van der Waals surface area contributed by atoms with Gasteiger partial charge in [0.25, 0.3) is 0 Å². The van der Waals surface area contributed by atoms with Crippen molar-refractivity contribution in [2.24, 2.45) is 10.7 Å². The van der Waals surface area contributed by atoms with E-state index in [1.165, 1.54) is 0 Å². The quantitative estimate of drug-likeness (QED) is 0.398. The van der Waals surface area contributed by atoms with E-state index >= 15 is 0 Å². The minimum absolute atomic E-state index is 0.556. The molecule has 0 aliphatic carbocycles. The molecule has 40 valence electrons. The molecule has 0 bridgehead atoms. The Morgan fingerprint density at radius 3 is 2.86 bits per heavy atom. The Kier molecular flexibility index (Phi) is 0.867. The van der Waals surface area contributed by atoms with E-state index in [0.717, 1.165) is 0 Å². The fourth-order valence-electron chi connectivity index (χ4n) is 0.409. The molecule has 0 unspecified atom stereocenters. The lowest BCUT2D eigenvalue weighted by atomic mass is 11.0. The Hall–Kier alpha value is -0.770. The number of nitrogens with two attached hydrogens (primary N) is 1. The summed E-state index contributed by atoms with van der Waals surface area (Å²) in [7, 11) is 1.83. The van der Waals surface area contributed by atoms with Crippen molar-refractivity contribution in [1.82, 2.24) is 10.4 Å². The highest BCUT2D eigenvalue weighted by atomic mass is 15.6. The summed E-state index contributed by atoms with van der Waals surface area (Å²) in [6, 6.07) is 0. The predicted octanol–water partition coefficient (Wildman–Crippen LogP) is -1.29. The lowest BCUT2D eigenvalue weighted by Crippen LogP contribution is -2.37. The van der Waals surface area contributed by atoms with Crippen LogP contribution in [0, 0.1) is 0 Å². The number of nitrogens with one attached hydrogen (secondary N) is 1. The van der Waals surface area contributed by atoms with Gasteiger partial charge in [0.2, 0.25) is 5.96 Å². The van der Waals surface area contributed by atoms with Crippen molar-refractivity contribution in [2.45, 2.75) is 0 Å². The molecular weight excluding hydrogens is 92.1 g/mol. The SMILES string of the molecule is CN1NCN=C1N. The van der Waals surface area contributed by atoms with Crippen LogP contribution in [-0.4, -0.2) is 24.7 Å². The van der Waals surface area contributed by atoms with Crippen molar-refractivity contribution in [1.29, 1.82) is 0 Å². The Morgan fingerprint density at radius 2 is 2.71 bits per heavy atom. The predicted molar refractivity (Wildman–Crippen MR) is 27.4 cm³/mol. The van der Waals surface area contributed by atoms with Crippen LogP contribution in [-0.2, 0) is 0 Å². The Morgan fingerprint density at radius 1 is 2.00 bits per heavy atom. The molecule has 0 aromatic heterocycles. The van der Waals surface area contributed by atoms with Gasteiger partial charge in [0, 0.05) is 7.05 Å². The summed E-state index contributed by atoms with van der Waals surface area (Å²) < 4.78 is 0. The van der Waals surface area contributed by atoms with Gasteiger partial charge in [-0.05, 0) is 0 Å². The molecule has 0 saturated carbocycles. The molecule has 4 nitrogen and oxygen atoms in total. The van der Waals surface area contributed by atoms with Crippen molar-refractivity contribution < 1.29 is 0 Å². The normalized spacial score (nSPS) is 20.1. The zero-order chi connectivity index (χ0) is 5.28. The molecule has 1 aliphatic rings. The minimum Gasteiger partial charge on any atom is -0.369 e. The standard InChI is InChI=1S/C3H8N4/c1-7-3(4)5-2-6-7/h6H,2H2,1H3,(H2,4,5). The molecular formula is C3H8N4. The van der Waals surface area contributed by atoms with Crippen LogP contribution in [0.5, 0.6) is 0 Å². The monoisotopic (exact) mass is 100 g/mol. The minimum atomic E-state index is 0.556. The Bertz CT molecular complexity index is 97.1.